The molecule has 0 radical (unpaired) electrons. The molecular weight excluding hydrogens is 499 g/mol. The normalized spacial score (nSPS) is 15.9. The number of oxazole rings is 1. The van der Waals surface area contributed by atoms with Crippen molar-refractivity contribution in [2.45, 2.75) is 53.1 Å². The molecule has 9 heteroatoms. The quantitative estimate of drug-likeness (QED) is 0.323. The van der Waals surface area contributed by atoms with E-state index in [9.17, 15) is 0 Å². The maximum atomic E-state index is 5.61. The molecule has 0 unspecified atom stereocenters. The predicted octanol–water partition coefficient (Wildman–Crippen LogP) is 3.51. The molecule has 1 aliphatic heterocycles. The first kappa shape index (κ1) is 24.1. The Kier molecular flexibility index (Phi) is 9.84. The van der Waals surface area contributed by atoms with E-state index in [0.717, 1.165) is 50.0 Å². The minimum absolute atomic E-state index is 0. The topological polar surface area (TPSA) is 78.6 Å². The van der Waals surface area contributed by atoms with E-state index < -0.39 is 0 Å². The maximum absolute atomic E-state index is 5.61. The molecule has 0 saturated carbocycles. The molecule has 0 aliphatic carbocycles. The number of thiazole rings is 1. The first-order valence-electron chi connectivity index (χ1n) is 10.1. The van der Waals surface area contributed by atoms with Crippen molar-refractivity contribution in [1.29, 1.82) is 0 Å². The highest BCUT2D eigenvalue weighted by Gasteiger charge is 2.20. The van der Waals surface area contributed by atoms with Crippen molar-refractivity contribution < 1.29 is 4.42 Å². The Morgan fingerprint density at radius 3 is 2.62 bits per heavy atom. The summed E-state index contributed by atoms with van der Waals surface area (Å²) in [5.41, 5.74) is 2.16. The number of guanidine groups is 1. The van der Waals surface area contributed by atoms with Crippen molar-refractivity contribution in [3.63, 3.8) is 0 Å². The zero-order chi connectivity index (χ0) is 19.9. The zero-order valence-electron chi connectivity index (χ0n) is 17.8. The molecule has 29 heavy (non-hydrogen) atoms. The average molecular weight is 532 g/mol. The van der Waals surface area contributed by atoms with Crippen LogP contribution in [0.1, 0.15) is 47.8 Å². The van der Waals surface area contributed by atoms with Gasteiger partial charge in [-0.25, -0.2) is 9.97 Å². The number of aromatic nitrogens is 2. The minimum atomic E-state index is 0. The fraction of sp³-hybridized carbons (Fsp3) is 0.650. The average Bonchev–Trinajstić information content (AvgIpc) is 3.29. The molecule has 7 nitrogen and oxygen atoms in total. The molecule has 2 aromatic heterocycles. The molecule has 1 aliphatic rings. The monoisotopic (exact) mass is 532 g/mol. The molecule has 3 rings (SSSR count). The van der Waals surface area contributed by atoms with E-state index >= 15 is 0 Å². The lowest BCUT2D eigenvalue weighted by molar-refractivity contribution is 0.176. The van der Waals surface area contributed by atoms with Gasteiger partial charge in [-0.1, -0.05) is 6.92 Å². The summed E-state index contributed by atoms with van der Waals surface area (Å²) in [7, 11) is 1.79. The van der Waals surface area contributed by atoms with Crippen LogP contribution < -0.4 is 10.6 Å². The number of piperidine rings is 1. The van der Waals surface area contributed by atoms with E-state index in [1.807, 2.05) is 13.8 Å². The van der Waals surface area contributed by atoms with Gasteiger partial charge in [-0.15, -0.1) is 35.3 Å². The summed E-state index contributed by atoms with van der Waals surface area (Å²) in [5.74, 6) is 3.03. The summed E-state index contributed by atoms with van der Waals surface area (Å²) in [5, 5.41) is 10.2. The third kappa shape index (κ3) is 7.21. The molecule has 0 amide bonds. The number of aryl methyl sites for hydroxylation is 3. The van der Waals surface area contributed by atoms with Gasteiger partial charge in [0.25, 0.3) is 0 Å². The van der Waals surface area contributed by atoms with Gasteiger partial charge < -0.3 is 15.1 Å². The summed E-state index contributed by atoms with van der Waals surface area (Å²) < 4.78 is 5.61. The second-order valence-electron chi connectivity index (χ2n) is 7.36. The Morgan fingerprint density at radius 1 is 1.28 bits per heavy atom. The summed E-state index contributed by atoms with van der Waals surface area (Å²) in [6.45, 7) is 10.8. The Balaban J connectivity index is 0.00000300. The van der Waals surface area contributed by atoms with Crippen LogP contribution in [0.15, 0.2) is 14.8 Å². The van der Waals surface area contributed by atoms with Gasteiger partial charge in [-0.2, -0.15) is 0 Å². The van der Waals surface area contributed by atoms with Gasteiger partial charge in [0.15, 0.2) is 5.96 Å². The molecule has 3 heterocycles. The number of aliphatic imine (C=N–C) groups is 1. The van der Waals surface area contributed by atoms with Gasteiger partial charge in [-0.05, 0) is 52.1 Å². The van der Waals surface area contributed by atoms with Crippen molar-refractivity contribution in [3.8, 4) is 0 Å². The number of hydrogen-bond donors (Lipinski definition) is 2. The second-order valence-corrected chi connectivity index (χ2v) is 8.30. The summed E-state index contributed by atoms with van der Waals surface area (Å²) in [6, 6.07) is 0. The van der Waals surface area contributed by atoms with E-state index in [4.69, 9.17) is 9.40 Å². The van der Waals surface area contributed by atoms with Crippen LogP contribution in [0.3, 0.4) is 0 Å². The summed E-state index contributed by atoms with van der Waals surface area (Å²) >= 11 is 1.78. The Bertz CT molecular complexity index is 762. The maximum Gasteiger partial charge on any atom is 0.214 e. The lowest BCUT2D eigenvalue weighted by Crippen LogP contribution is -2.42. The van der Waals surface area contributed by atoms with Crippen molar-refractivity contribution in [2.75, 3.05) is 26.7 Å². The predicted molar refractivity (Wildman–Crippen MR) is 129 cm³/mol. The molecule has 1 saturated heterocycles. The number of halogens is 1. The molecule has 0 spiro atoms. The molecule has 0 atom stereocenters. The number of nitrogens with one attached hydrogen (secondary N) is 2. The van der Waals surface area contributed by atoms with Crippen molar-refractivity contribution >= 4 is 41.3 Å². The van der Waals surface area contributed by atoms with Gasteiger partial charge >= 0.3 is 0 Å². The summed E-state index contributed by atoms with van der Waals surface area (Å²) in [4.78, 5) is 15.9. The van der Waals surface area contributed by atoms with E-state index in [2.05, 4.69) is 37.8 Å². The van der Waals surface area contributed by atoms with Crippen LogP contribution in [0.4, 0.5) is 0 Å². The fourth-order valence-corrected chi connectivity index (χ4v) is 4.13. The summed E-state index contributed by atoms with van der Waals surface area (Å²) in [6.07, 6.45) is 3.43. The van der Waals surface area contributed by atoms with Crippen LogP contribution in [-0.2, 0) is 19.5 Å². The van der Waals surface area contributed by atoms with Crippen molar-refractivity contribution in [3.05, 3.63) is 33.4 Å². The number of hydrogen-bond acceptors (Lipinski definition) is 6. The van der Waals surface area contributed by atoms with Crippen LogP contribution in [0.5, 0.6) is 0 Å². The first-order chi connectivity index (χ1) is 13.6. The highest BCUT2D eigenvalue weighted by molar-refractivity contribution is 14.0. The molecule has 0 bridgehead atoms. The molecular formula is C20H33IN6OS. The smallest absolute Gasteiger partial charge is 0.214 e. The molecule has 2 aromatic rings. The van der Waals surface area contributed by atoms with E-state index in [1.54, 1.807) is 18.4 Å². The fourth-order valence-electron chi connectivity index (χ4n) is 3.40. The SMILES string of the molecule is CCc1nc(CN2CCC(CNC(=NC)NCc3nc(C)c(C)o3)CC2)cs1.I. The Hall–Kier alpha value is -1.20. The Morgan fingerprint density at radius 2 is 2.03 bits per heavy atom. The van der Waals surface area contributed by atoms with E-state index in [-0.39, 0.29) is 24.0 Å². The van der Waals surface area contributed by atoms with Crippen LogP contribution in [0.2, 0.25) is 0 Å². The molecule has 0 aromatic carbocycles. The van der Waals surface area contributed by atoms with Crippen LogP contribution >= 0.6 is 35.3 Å². The number of likely N-dealkylation sites (tertiary alicyclic amines) is 1. The highest BCUT2D eigenvalue weighted by atomic mass is 127. The standard InChI is InChI=1S/C20H32N6OS.HI/c1-5-19-25-17(13-28-19)12-26-8-6-16(7-9-26)10-22-20(21-4)23-11-18-24-14(2)15(3)27-18;/h13,16H,5-12H2,1-4H3,(H2,21,22,23);1H. The zero-order valence-corrected chi connectivity index (χ0v) is 21.0. The van der Waals surface area contributed by atoms with Gasteiger partial charge in [0.2, 0.25) is 5.89 Å². The van der Waals surface area contributed by atoms with Crippen molar-refractivity contribution in [1.82, 2.24) is 25.5 Å². The minimum Gasteiger partial charge on any atom is -0.444 e. The third-order valence-electron chi connectivity index (χ3n) is 5.26. The van der Waals surface area contributed by atoms with Gasteiger partial charge in [0, 0.05) is 25.5 Å². The van der Waals surface area contributed by atoms with Gasteiger partial charge in [0.1, 0.15) is 5.76 Å². The second kappa shape index (κ2) is 11.8. The van der Waals surface area contributed by atoms with Crippen LogP contribution in [0.25, 0.3) is 0 Å². The van der Waals surface area contributed by atoms with Gasteiger partial charge in [-0.3, -0.25) is 9.89 Å². The number of rotatable bonds is 7. The number of nitrogens with zero attached hydrogens (tertiary/aromatic N) is 4. The molecule has 162 valence electrons. The lowest BCUT2D eigenvalue weighted by Gasteiger charge is -2.31. The largest absolute Gasteiger partial charge is 0.444 e. The molecule has 1 fully saturated rings. The highest BCUT2D eigenvalue weighted by Crippen LogP contribution is 2.19. The Labute approximate surface area is 194 Å². The third-order valence-corrected chi connectivity index (χ3v) is 6.30. The van der Waals surface area contributed by atoms with Gasteiger partial charge in [0.05, 0.1) is 22.9 Å². The first-order valence-corrected chi connectivity index (χ1v) is 11.0. The van der Waals surface area contributed by atoms with E-state index in [0.29, 0.717) is 18.4 Å². The van der Waals surface area contributed by atoms with Crippen molar-refractivity contribution in [2.24, 2.45) is 10.9 Å². The van der Waals surface area contributed by atoms with Crippen LogP contribution in [0, 0.1) is 19.8 Å². The lowest BCUT2D eigenvalue weighted by atomic mass is 9.97. The molecule has 2 N–H and O–H groups in total. The van der Waals surface area contributed by atoms with E-state index in [1.165, 1.54) is 23.5 Å². The van der Waals surface area contributed by atoms with Crippen LogP contribution in [-0.4, -0.2) is 47.5 Å².